The molecule has 132 valence electrons. The molecule has 0 saturated carbocycles. The summed E-state index contributed by atoms with van der Waals surface area (Å²) in [7, 11) is 0. The van der Waals surface area contributed by atoms with E-state index in [1.165, 1.54) is 6.92 Å². The Labute approximate surface area is 144 Å². The van der Waals surface area contributed by atoms with Crippen molar-refractivity contribution in [1.82, 2.24) is 5.16 Å². The number of nitrogens with one attached hydrogen (secondary N) is 1. The first-order valence-corrected chi connectivity index (χ1v) is 7.76. The lowest BCUT2D eigenvalue weighted by atomic mass is 10.1. The van der Waals surface area contributed by atoms with Gasteiger partial charge in [0.15, 0.2) is 17.6 Å². The molecular weight excluding hydrogens is 328 g/mol. The summed E-state index contributed by atoms with van der Waals surface area (Å²) < 4.78 is 20.7. The maximum Gasteiger partial charge on any atom is 0.311 e. The van der Waals surface area contributed by atoms with E-state index in [0.29, 0.717) is 34.2 Å². The standard InChI is InChI=1S/C17H18N2O6/c1-9-13(10(2)25-19-9)7-16(20)24-11(3)17(21)18-12-4-5-14-15(6-12)23-8-22-14/h4-6,11H,7-8H2,1-3H3,(H,18,21). The van der Waals surface area contributed by atoms with Crippen molar-refractivity contribution in [2.75, 3.05) is 12.1 Å². The van der Waals surface area contributed by atoms with Gasteiger partial charge in [-0.25, -0.2) is 0 Å². The minimum Gasteiger partial charge on any atom is -0.454 e. The van der Waals surface area contributed by atoms with Crippen LogP contribution in [-0.4, -0.2) is 29.9 Å². The van der Waals surface area contributed by atoms with Gasteiger partial charge in [-0.1, -0.05) is 5.16 Å². The number of esters is 1. The van der Waals surface area contributed by atoms with E-state index in [0.717, 1.165) is 0 Å². The van der Waals surface area contributed by atoms with Gasteiger partial charge in [0.2, 0.25) is 6.79 Å². The van der Waals surface area contributed by atoms with Crippen LogP contribution in [-0.2, 0) is 20.7 Å². The van der Waals surface area contributed by atoms with E-state index in [1.807, 2.05) is 0 Å². The number of aryl methyl sites for hydroxylation is 2. The van der Waals surface area contributed by atoms with Crippen LogP contribution in [0.2, 0.25) is 0 Å². The van der Waals surface area contributed by atoms with Crippen LogP contribution in [0.25, 0.3) is 0 Å². The van der Waals surface area contributed by atoms with Crippen LogP contribution in [0.5, 0.6) is 11.5 Å². The Morgan fingerprint density at radius 2 is 2.04 bits per heavy atom. The second-order valence-electron chi connectivity index (χ2n) is 5.67. The highest BCUT2D eigenvalue weighted by molar-refractivity contribution is 5.95. The normalized spacial score (nSPS) is 13.4. The summed E-state index contributed by atoms with van der Waals surface area (Å²) in [5, 5.41) is 6.46. The molecule has 1 unspecified atom stereocenters. The van der Waals surface area contributed by atoms with Crippen molar-refractivity contribution >= 4 is 17.6 Å². The summed E-state index contributed by atoms with van der Waals surface area (Å²) in [6.45, 7) is 5.13. The van der Waals surface area contributed by atoms with Crippen molar-refractivity contribution < 1.29 is 28.3 Å². The first kappa shape index (κ1) is 16.8. The van der Waals surface area contributed by atoms with Crippen molar-refractivity contribution in [1.29, 1.82) is 0 Å². The number of fused-ring (bicyclic) bond motifs is 1. The SMILES string of the molecule is Cc1noc(C)c1CC(=O)OC(C)C(=O)Nc1ccc2c(c1)OCO2. The molecule has 1 amide bonds. The van der Waals surface area contributed by atoms with E-state index in [2.05, 4.69) is 10.5 Å². The molecule has 25 heavy (non-hydrogen) atoms. The predicted molar refractivity (Wildman–Crippen MR) is 86.4 cm³/mol. The Bertz CT molecular complexity index is 794. The van der Waals surface area contributed by atoms with Gasteiger partial charge in [0.1, 0.15) is 5.76 Å². The van der Waals surface area contributed by atoms with Gasteiger partial charge in [0.05, 0.1) is 12.1 Å². The number of benzene rings is 1. The molecule has 2 aromatic rings. The average molecular weight is 346 g/mol. The number of anilines is 1. The Morgan fingerprint density at radius 1 is 1.28 bits per heavy atom. The summed E-state index contributed by atoms with van der Waals surface area (Å²) >= 11 is 0. The molecule has 0 saturated heterocycles. The third-order valence-electron chi connectivity index (χ3n) is 3.82. The lowest BCUT2D eigenvalue weighted by Crippen LogP contribution is -2.30. The second kappa shape index (κ2) is 6.84. The fourth-order valence-corrected chi connectivity index (χ4v) is 2.41. The number of carbonyl (C=O) groups is 2. The van der Waals surface area contributed by atoms with Gasteiger partial charge in [0.25, 0.3) is 5.91 Å². The van der Waals surface area contributed by atoms with E-state index in [1.54, 1.807) is 32.0 Å². The lowest BCUT2D eigenvalue weighted by molar-refractivity contribution is -0.152. The fourth-order valence-electron chi connectivity index (χ4n) is 2.41. The van der Waals surface area contributed by atoms with E-state index < -0.39 is 18.0 Å². The van der Waals surface area contributed by atoms with Crippen LogP contribution in [0, 0.1) is 13.8 Å². The molecule has 8 heteroatoms. The minimum absolute atomic E-state index is 0.00279. The number of hydrogen-bond donors (Lipinski definition) is 1. The Hall–Kier alpha value is -3.03. The molecule has 1 atom stereocenters. The second-order valence-corrected chi connectivity index (χ2v) is 5.67. The molecule has 3 rings (SSSR count). The van der Waals surface area contributed by atoms with Gasteiger partial charge in [-0.2, -0.15) is 0 Å². The molecule has 1 N–H and O–H groups in total. The highest BCUT2D eigenvalue weighted by Crippen LogP contribution is 2.34. The number of aromatic nitrogens is 1. The van der Waals surface area contributed by atoms with Crippen molar-refractivity contribution in [2.24, 2.45) is 0 Å². The number of ether oxygens (including phenoxy) is 3. The van der Waals surface area contributed by atoms with Crippen molar-refractivity contribution in [3.05, 3.63) is 35.2 Å². The third kappa shape index (κ3) is 3.73. The number of amides is 1. The topological polar surface area (TPSA) is 99.9 Å². The molecule has 0 spiro atoms. The number of nitrogens with zero attached hydrogens (tertiary/aromatic N) is 1. The van der Waals surface area contributed by atoms with Crippen LogP contribution in [0.1, 0.15) is 23.9 Å². The van der Waals surface area contributed by atoms with Crippen LogP contribution < -0.4 is 14.8 Å². The quantitative estimate of drug-likeness (QED) is 0.828. The van der Waals surface area contributed by atoms with Crippen LogP contribution in [0.15, 0.2) is 22.7 Å². The van der Waals surface area contributed by atoms with Crippen LogP contribution in [0.4, 0.5) is 5.69 Å². The van der Waals surface area contributed by atoms with Gasteiger partial charge >= 0.3 is 5.97 Å². The molecule has 0 bridgehead atoms. The van der Waals surface area contributed by atoms with Crippen LogP contribution >= 0.6 is 0 Å². The smallest absolute Gasteiger partial charge is 0.311 e. The highest BCUT2D eigenvalue weighted by atomic mass is 16.7. The molecule has 1 aromatic carbocycles. The fraction of sp³-hybridized carbons (Fsp3) is 0.353. The maximum absolute atomic E-state index is 12.2. The van der Waals surface area contributed by atoms with E-state index in [-0.39, 0.29) is 13.2 Å². The monoisotopic (exact) mass is 346 g/mol. The Kier molecular flexibility index (Phi) is 4.60. The first-order valence-electron chi connectivity index (χ1n) is 7.76. The summed E-state index contributed by atoms with van der Waals surface area (Å²) in [5.74, 6) is 0.776. The van der Waals surface area contributed by atoms with E-state index >= 15 is 0 Å². The number of hydrogen-bond acceptors (Lipinski definition) is 7. The first-order chi connectivity index (χ1) is 11.9. The molecule has 1 aliphatic rings. The maximum atomic E-state index is 12.2. The van der Waals surface area contributed by atoms with Gasteiger partial charge in [-0.15, -0.1) is 0 Å². The molecule has 0 aliphatic carbocycles. The Balaban J connectivity index is 1.56. The van der Waals surface area contributed by atoms with E-state index in [4.69, 9.17) is 18.7 Å². The minimum atomic E-state index is -0.946. The van der Waals surface area contributed by atoms with Gasteiger partial charge in [-0.05, 0) is 32.9 Å². The summed E-state index contributed by atoms with van der Waals surface area (Å²) in [6, 6.07) is 5.04. The van der Waals surface area contributed by atoms with Crippen molar-refractivity contribution in [3.8, 4) is 11.5 Å². The molecular formula is C17H18N2O6. The third-order valence-corrected chi connectivity index (χ3v) is 3.82. The summed E-state index contributed by atoms with van der Waals surface area (Å²) in [6.07, 6.45) is -0.943. The zero-order chi connectivity index (χ0) is 18.0. The summed E-state index contributed by atoms with van der Waals surface area (Å²) in [4.78, 5) is 24.2. The van der Waals surface area contributed by atoms with Gasteiger partial charge < -0.3 is 24.1 Å². The van der Waals surface area contributed by atoms with Gasteiger partial charge in [-0.3, -0.25) is 9.59 Å². The molecule has 2 heterocycles. The van der Waals surface area contributed by atoms with E-state index in [9.17, 15) is 9.59 Å². The predicted octanol–water partition coefficient (Wildman–Crippen LogP) is 2.13. The van der Waals surface area contributed by atoms with Gasteiger partial charge in [0, 0.05) is 17.3 Å². The Morgan fingerprint density at radius 3 is 2.76 bits per heavy atom. The molecule has 0 fully saturated rings. The van der Waals surface area contributed by atoms with Crippen LogP contribution in [0.3, 0.4) is 0 Å². The lowest BCUT2D eigenvalue weighted by Gasteiger charge is -2.13. The average Bonchev–Trinajstić information content (AvgIpc) is 3.15. The zero-order valence-corrected chi connectivity index (χ0v) is 14.1. The molecule has 8 nitrogen and oxygen atoms in total. The number of carbonyl (C=O) groups excluding carboxylic acids is 2. The van der Waals surface area contributed by atoms with Crippen molar-refractivity contribution in [3.63, 3.8) is 0 Å². The molecule has 1 aromatic heterocycles. The molecule has 0 radical (unpaired) electrons. The zero-order valence-electron chi connectivity index (χ0n) is 14.1. The summed E-state index contributed by atoms with van der Waals surface area (Å²) in [5.41, 5.74) is 1.84. The largest absolute Gasteiger partial charge is 0.454 e. The molecule has 1 aliphatic heterocycles. The number of rotatable bonds is 5. The highest BCUT2D eigenvalue weighted by Gasteiger charge is 2.21. The van der Waals surface area contributed by atoms with Crippen molar-refractivity contribution in [2.45, 2.75) is 33.3 Å².